The van der Waals surface area contributed by atoms with E-state index in [1.807, 2.05) is 5.32 Å². The minimum Gasteiger partial charge on any atom is -0.476 e. The van der Waals surface area contributed by atoms with Crippen molar-refractivity contribution in [2.45, 2.75) is 64.2 Å². The van der Waals surface area contributed by atoms with Crippen LogP contribution in [0.25, 0.3) is 0 Å². The van der Waals surface area contributed by atoms with Gasteiger partial charge < -0.3 is 15.0 Å². The minimum absolute atomic E-state index is 0.0595. The molecule has 1 aromatic rings. The number of anilines is 2. The largest absolute Gasteiger partial charge is 0.476 e. The molecule has 2 aliphatic rings. The monoisotopic (exact) mass is 452 g/mol. The van der Waals surface area contributed by atoms with E-state index in [9.17, 15) is 31.5 Å². The lowest BCUT2D eigenvalue weighted by Crippen LogP contribution is -2.47. The van der Waals surface area contributed by atoms with Gasteiger partial charge >= 0.3 is 6.18 Å². The highest BCUT2D eigenvalue weighted by atomic mass is 19.4. The zero-order valence-electron chi connectivity index (χ0n) is 16.9. The lowest BCUT2D eigenvalue weighted by molar-refractivity contribution is -0.150. The van der Waals surface area contributed by atoms with E-state index < -0.39 is 47.9 Å². The predicted molar refractivity (Wildman–Crippen MR) is 99.8 cm³/mol. The zero-order valence-corrected chi connectivity index (χ0v) is 16.9. The van der Waals surface area contributed by atoms with Crippen LogP contribution in [0.1, 0.15) is 44.6 Å². The SMILES string of the molecule is Cc1cc2c(c(F)c1NC(=O)CC(F)(F)F)OC(C)C(=O)N2CC1CCC(F)(F)CC1. The molecule has 1 aliphatic carbocycles. The van der Waals surface area contributed by atoms with Crippen molar-refractivity contribution in [3.05, 3.63) is 17.4 Å². The van der Waals surface area contributed by atoms with Crippen molar-refractivity contribution < 1.29 is 40.7 Å². The van der Waals surface area contributed by atoms with Gasteiger partial charge in [-0.3, -0.25) is 9.59 Å². The topological polar surface area (TPSA) is 58.6 Å². The molecule has 1 aromatic carbocycles. The maximum Gasteiger partial charge on any atom is 0.397 e. The van der Waals surface area contributed by atoms with E-state index >= 15 is 4.39 Å². The summed E-state index contributed by atoms with van der Waals surface area (Å²) in [7, 11) is 0. The smallest absolute Gasteiger partial charge is 0.397 e. The minimum atomic E-state index is -4.76. The fraction of sp³-hybridized carbons (Fsp3) is 0.600. The first-order valence-corrected chi connectivity index (χ1v) is 9.83. The molecule has 1 N–H and O–H groups in total. The second-order valence-corrected chi connectivity index (χ2v) is 8.08. The molecule has 1 fully saturated rings. The molecule has 2 amide bonds. The summed E-state index contributed by atoms with van der Waals surface area (Å²) in [6, 6.07) is 1.34. The number of rotatable bonds is 4. The Kier molecular flexibility index (Phi) is 6.16. The number of hydrogen-bond donors (Lipinski definition) is 1. The molecule has 31 heavy (non-hydrogen) atoms. The summed E-state index contributed by atoms with van der Waals surface area (Å²) in [5, 5.41) is 1.92. The second-order valence-electron chi connectivity index (χ2n) is 8.08. The first kappa shape index (κ1) is 23.2. The van der Waals surface area contributed by atoms with Crippen LogP contribution in [-0.4, -0.2) is 36.6 Å². The van der Waals surface area contributed by atoms with E-state index in [1.165, 1.54) is 24.8 Å². The summed E-state index contributed by atoms with van der Waals surface area (Å²) in [6.07, 6.45) is -7.81. The first-order valence-electron chi connectivity index (χ1n) is 9.83. The molecule has 5 nitrogen and oxygen atoms in total. The number of fused-ring (bicyclic) bond motifs is 1. The average Bonchev–Trinajstić information content (AvgIpc) is 2.63. The van der Waals surface area contributed by atoms with E-state index in [4.69, 9.17) is 4.74 Å². The number of aryl methyl sites for hydroxylation is 1. The molecule has 1 heterocycles. The Bertz CT molecular complexity index is 877. The summed E-state index contributed by atoms with van der Waals surface area (Å²) >= 11 is 0. The Hall–Kier alpha value is -2.46. The van der Waals surface area contributed by atoms with E-state index in [0.717, 1.165) is 0 Å². The lowest BCUT2D eigenvalue weighted by Gasteiger charge is -2.37. The van der Waals surface area contributed by atoms with Crippen LogP contribution >= 0.6 is 0 Å². The second kappa shape index (κ2) is 8.23. The van der Waals surface area contributed by atoms with E-state index in [1.54, 1.807) is 0 Å². The van der Waals surface area contributed by atoms with Gasteiger partial charge in [0.05, 0.1) is 11.4 Å². The number of alkyl halides is 5. The Morgan fingerprint density at radius 1 is 1.29 bits per heavy atom. The van der Waals surface area contributed by atoms with Gasteiger partial charge in [0.1, 0.15) is 6.42 Å². The molecule has 172 valence electrons. The van der Waals surface area contributed by atoms with Crippen LogP contribution in [0, 0.1) is 18.7 Å². The fourth-order valence-corrected chi connectivity index (χ4v) is 3.87. The lowest BCUT2D eigenvalue weighted by atomic mass is 9.86. The fourth-order valence-electron chi connectivity index (χ4n) is 3.87. The third kappa shape index (κ3) is 5.24. The van der Waals surface area contributed by atoms with Crippen LogP contribution in [-0.2, 0) is 9.59 Å². The predicted octanol–water partition coefficient (Wildman–Crippen LogP) is 4.96. The van der Waals surface area contributed by atoms with Crippen molar-refractivity contribution in [1.29, 1.82) is 0 Å². The van der Waals surface area contributed by atoms with E-state index in [0.29, 0.717) is 0 Å². The van der Waals surface area contributed by atoms with Crippen LogP contribution < -0.4 is 15.0 Å². The molecule has 1 atom stereocenters. The van der Waals surface area contributed by atoms with Gasteiger partial charge in [-0.15, -0.1) is 0 Å². The van der Waals surface area contributed by atoms with E-state index in [2.05, 4.69) is 0 Å². The molecular formula is C20H22F6N2O3. The number of carbonyl (C=O) groups excluding carboxylic acids is 2. The van der Waals surface area contributed by atoms with Crippen molar-refractivity contribution in [2.75, 3.05) is 16.8 Å². The molecule has 0 bridgehead atoms. The number of carbonyl (C=O) groups is 2. The Balaban J connectivity index is 1.88. The summed E-state index contributed by atoms with van der Waals surface area (Å²) in [6.45, 7) is 2.84. The van der Waals surface area contributed by atoms with Gasteiger partial charge in [0.2, 0.25) is 11.8 Å². The van der Waals surface area contributed by atoms with Crippen LogP contribution in [0.3, 0.4) is 0 Å². The molecular weight excluding hydrogens is 430 g/mol. The highest BCUT2D eigenvalue weighted by molar-refractivity contribution is 6.01. The number of amides is 2. The van der Waals surface area contributed by atoms with Gasteiger partial charge in [0.15, 0.2) is 17.7 Å². The summed E-state index contributed by atoms with van der Waals surface area (Å²) in [4.78, 5) is 25.6. The zero-order chi connectivity index (χ0) is 23.1. The highest BCUT2D eigenvalue weighted by Crippen LogP contribution is 2.43. The Labute approximate surface area is 174 Å². The maximum atomic E-state index is 15.1. The third-order valence-electron chi connectivity index (χ3n) is 5.50. The van der Waals surface area contributed by atoms with Gasteiger partial charge in [-0.2, -0.15) is 13.2 Å². The summed E-state index contributed by atoms with van der Waals surface area (Å²) in [5.74, 6) is -6.32. The van der Waals surface area contributed by atoms with Gasteiger partial charge in [-0.05, 0) is 44.2 Å². The molecule has 0 aromatic heterocycles. The number of halogens is 6. The summed E-state index contributed by atoms with van der Waals surface area (Å²) in [5.41, 5.74) is -0.311. The number of nitrogens with one attached hydrogen (secondary N) is 1. The van der Waals surface area contributed by atoms with Gasteiger partial charge in [-0.1, -0.05) is 0 Å². The molecule has 0 spiro atoms. The molecule has 1 saturated carbocycles. The van der Waals surface area contributed by atoms with E-state index in [-0.39, 0.29) is 55.1 Å². The van der Waals surface area contributed by atoms with Crippen molar-refractivity contribution in [1.82, 2.24) is 0 Å². The standard InChI is InChI=1S/C20H22F6N2O3/c1-10-7-13-17(15(21)16(10)27-14(29)8-20(24,25)26)31-11(2)18(30)28(13)9-12-3-5-19(22,23)6-4-12/h7,11-12H,3-6,8-9H2,1-2H3,(H,27,29). The maximum absolute atomic E-state index is 15.1. The molecule has 1 unspecified atom stereocenters. The number of hydrogen-bond acceptors (Lipinski definition) is 3. The van der Waals surface area contributed by atoms with Gasteiger partial charge in [-0.25, -0.2) is 13.2 Å². The van der Waals surface area contributed by atoms with Crippen molar-refractivity contribution in [3.63, 3.8) is 0 Å². The number of benzene rings is 1. The number of nitrogens with zero attached hydrogens (tertiary/aromatic N) is 1. The summed E-state index contributed by atoms with van der Waals surface area (Å²) < 4.78 is 84.6. The average molecular weight is 452 g/mol. The quantitative estimate of drug-likeness (QED) is 0.657. The van der Waals surface area contributed by atoms with Crippen LogP contribution in [0.15, 0.2) is 6.07 Å². The van der Waals surface area contributed by atoms with Crippen molar-refractivity contribution in [2.24, 2.45) is 5.92 Å². The van der Waals surface area contributed by atoms with Crippen molar-refractivity contribution in [3.8, 4) is 5.75 Å². The first-order chi connectivity index (χ1) is 14.3. The highest BCUT2D eigenvalue weighted by Gasteiger charge is 2.40. The van der Waals surface area contributed by atoms with Crippen LogP contribution in [0.4, 0.5) is 37.7 Å². The van der Waals surface area contributed by atoms with Gasteiger partial charge in [0.25, 0.3) is 5.91 Å². The molecule has 0 saturated heterocycles. The van der Waals surface area contributed by atoms with Crippen molar-refractivity contribution >= 4 is 23.2 Å². The Morgan fingerprint density at radius 2 is 1.90 bits per heavy atom. The van der Waals surface area contributed by atoms with Crippen LogP contribution in [0.2, 0.25) is 0 Å². The van der Waals surface area contributed by atoms with Crippen LogP contribution in [0.5, 0.6) is 5.75 Å². The normalized spacial score (nSPS) is 21.5. The third-order valence-corrected chi connectivity index (χ3v) is 5.50. The molecule has 0 radical (unpaired) electrons. The van der Waals surface area contributed by atoms with Gasteiger partial charge in [0, 0.05) is 19.4 Å². The molecule has 11 heteroatoms. The molecule has 1 aliphatic heterocycles. The molecule has 3 rings (SSSR count). The number of ether oxygens (including phenoxy) is 1. The Morgan fingerprint density at radius 3 is 2.48 bits per heavy atom.